The number of hydrogen-bond donors (Lipinski definition) is 2. The standard InChI is InChI=1S/C24H43N3O4/c1-9-17(6)21(25-22(28)19-12-10-11-13-27(19)16(4)5)23(29)26(8)20(15(2)3)14-18(7)24(30)31/h14-17,19-21H,9-13H2,1-8H3,(H,25,28)(H,30,31)/t17-,19?,20-,21-/m1/s1. The molecule has 1 heterocycles. The normalized spacial score (nSPS) is 21.0. The van der Waals surface area contributed by atoms with Crippen molar-refractivity contribution in [1.29, 1.82) is 0 Å². The van der Waals surface area contributed by atoms with Crippen molar-refractivity contribution < 1.29 is 19.5 Å². The van der Waals surface area contributed by atoms with Crippen molar-refractivity contribution in [2.24, 2.45) is 11.8 Å². The van der Waals surface area contributed by atoms with Crippen LogP contribution in [0.1, 0.15) is 74.1 Å². The van der Waals surface area contributed by atoms with Crippen molar-refractivity contribution in [2.75, 3.05) is 13.6 Å². The molecule has 1 aliphatic heterocycles. The number of hydrogen-bond acceptors (Lipinski definition) is 4. The molecular formula is C24H43N3O4. The zero-order valence-electron chi connectivity index (χ0n) is 20.6. The van der Waals surface area contributed by atoms with Gasteiger partial charge in [0.1, 0.15) is 6.04 Å². The Labute approximate surface area is 188 Å². The molecule has 2 amide bonds. The fourth-order valence-corrected chi connectivity index (χ4v) is 4.23. The Hall–Kier alpha value is -1.89. The van der Waals surface area contributed by atoms with E-state index in [1.165, 1.54) is 6.92 Å². The minimum atomic E-state index is -0.996. The lowest BCUT2D eigenvalue weighted by Crippen LogP contribution is -2.59. The first-order valence-corrected chi connectivity index (χ1v) is 11.7. The van der Waals surface area contributed by atoms with E-state index in [1.54, 1.807) is 18.0 Å². The van der Waals surface area contributed by atoms with Gasteiger partial charge in [-0.05, 0) is 52.0 Å². The van der Waals surface area contributed by atoms with E-state index in [0.717, 1.165) is 32.2 Å². The Balaban J connectivity index is 3.11. The summed E-state index contributed by atoms with van der Waals surface area (Å²) >= 11 is 0. The third kappa shape index (κ3) is 7.34. The van der Waals surface area contributed by atoms with Gasteiger partial charge in [-0.1, -0.05) is 46.6 Å². The van der Waals surface area contributed by atoms with Gasteiger partial charge in [0, 0.05) is 18.7 Å². The van der Waals surface area contributed by atoms with Crippen molar-refractivity contribution in [1.82, 2.24) is 15.1 Å². The number of nitrogens with one attached hydrogen (secondary N) is 1. The fraction of sp³-hybridized carbons (Fsp3) is 0.792. The molecule has 7 nitrogen and oxygen atoms in total. The summed E-state index contributed by atoms with van der Waals surface area (Å²) in [6.07, 6.45) is 5.28. The maximum absolute atomic E-state index is 13.5. The third-order valence-corrected chi connectivity index (χ3v) is 6.52. The summed E-state index contributed by atoms with van der Waals surface area (Å²) < 4.78 is 0. The lowest BCUT2D eigenvalue weighted by Gasteiger charge is -2.39. The molecule has 31 heavy (non-hydrogen) atoms. The van der Waals surface area contributed by atoms with Gasteiger partial charge in [-0.25, -0.2) is 4.79 Å². The van der Waals surface area contributed by atoms with Gasteiger partial charge in [-0.15, -0.1) is 0 Å². The van der Waals surface area contributed by atoms with Gasteiger partial charge in [-0.2, -0.15) is 0 Å². The molecule has 4 atom stereocenters. The molecule has 1 fully saturated rings. The minimum Gasteiger partial charge on any atom is -0.478 e. The molecule has 0 spiro atoms. The van der Waals surface area contributed by atoms with Crippen LogP contribution in [-0.2, 0) is 14.4 Å². The van der Waals surface area contributed by atoms with E-state index in [2.05, 4.69) is 24.1 Å². The van der Waals surface area contributed by atoms with Gasteiger partial charge in [0.25, 0.3) is 0 Å². The molecule has 0 saturated carbocycles. The molecule has 0 aromatic rings. The van der Waals surface area contributed by atoms with E-state index in [-0.39, 0.29) is 47.3 Å². The first-order valence-electron chi connectivity index (χ1n) is 11.7. The molecule has 0 aromatic heterocycles. The highest BCUT2D eigenvalue weighted by atomic mass is 16.4. The van der Waals surface area contributed by atoms with Crippen LogP contribution in [0.5, 0.6) is 0 Å². The van der Waals surface area contributed by atoms with Crippen molar-refractivity contribution in [2.45, 2.75) is 98.3 Å². The molecule has 1 aliphatic rings. The number of nitrogens with zero attached hydrogens (tertiary/aromatic N) is 2. The van der Waals surface area contributed by atoms with E-state index in [0.29, 0.717) is 0 Å². The number of likely N-dealkylation sites (tertiary alicyclic amines) is 1. The van der Waals surface area contributed by atoms with Crippen LogP contribution >= 0.6 is 0 Å². The summed E-state index contributed by atoms with van der Waals surface area (Å²) in [4.78, 5) is 41.8. The highest BCUT2D eigenvalue weighted by molar-refractivity contribution is 5.90. The summed E-state index contributed by atoms with van der Waals surface area (Å²) in [5.74, 6) is -1.26. The van der Waals surface area contributed by atoms with Crippen LogP contribution in [-0.4, -0.2) is 70.4 Å². The molecule has 1 unspecified atom stereocenters. The Bertz CT molecular complexity index is 659. The average molecular weight is 438 g/mol. The predicted octanol–water partition coefficient (Wildman–Crippen LogP) is 3.29. The number of likely N-dealkylation sites (N-methyl/N-ethyl adjacent to an activating group) is 1. The summed E-state index contributed by atoms with van der Waals surface area (Å²) in [7, 11) is 1.70. The maximum atomic E-state index is 13.5. The summed E-state index contributed by atoms with van der Waals surface area (Å²) in [5.41, 5.74) is 0.206. The van der Waals surface area contributed by atoms with E-state index in [9.17, 15) is 19.5 Å². The van der Waals surface area contributed by atoms with Gasteiger partial charge in [0.05, 0.1) is 12.1 Å². The van der Waals surface area contributed by atoms with E-state index < -0.39 is 12.0 Å². The second-order valence-electron chi connectivity index (χ2n) is 9.55. The van der Waals surface area contributed by atoms with Gasteiger partial charge in [-0.3, -0.25) is 14.5 Å². The lowest BCUT2D eigenvalue weighted by molar-refractivity contribution is -0.140. The van der Waals surface area contributed by atoms with E-state index >= 15 is 0 Å². The molecule has 0 radical (unpaired) electrons. The highest BCUT2D eigenvalue weighted by Gasteiger charge is 2.36. The summed E-state index contributed by atoms with van der Waals surface area (Å²) in [5, 5.41) is 12.3. The van der Waals surface area contributed by atoms with E-state index in [1.807, 2.05) is 27.7 Å². The number of amides is 2. The summed E-state index contributed by atoms with van der Waals surface area (Å²) in [6.45, 7) is 14.5. The van der Waals surface area contributed by atoms with Gasteiger partial charge >= 0.3 is 5.97 Å². The zero-order valence-corrected chi connectivity index (χ0v) is 20.6. The number of carboxylic acid groups (broad SMARTS) is 1. The Morgan fingerprint density at radius 2 is 1.77 bits per heavy atom. The van der Waals surface area contributed by atoms with Crippen LogP contribution in [0.4, 0.5) is 0 Å². The molecule has 0 bridgehead atoms. The van der Waals surface area contributed by atoms with Crippen molar-refractivity contribution in [3.8, 4) is 0 Å². The lowest BCUT2D eigenvalue weighted by atomic mass is 9.93. The van der Waals surface area contributed by atoms with Gasteiger partial charge in [0.2, 0.25) is 11.8 Å². The molecule has 0 aromatic carbocycles. The van der Waals surface area contributed by atoms with E-state index in [4.69, 9.17) is 0 Å². The predicted molar refractivity (Wildman–Crippen MR) is 124 cm³/mol. The SMILES string of the molecule is CC[C@@H](C)[C@@H](NC(=O)C1CCCCN1C(C)C)C(=O)N(C)[C@H](C=C(C)C(=O)O)C(C)C. The molecule has 178 valence electrons. The Kier molecular flexibility index (Phi) is 10.7. The Morgan fingerprint density at radius 3 is 2.26 bits per heavy atom. The molecule has 1 saturated heterocycles. The second-order valence-corrected chi connectivity index (χ2v) is 9.55. The molecular weight excluding hydrogens is 394 g/mol. The quantitative estimate of drug-likeness (QED) is 0.512. The molecule has 7 heteroatoms. The fourth-order valence-electron chi connectivity index (χ4n) is 4.23. The third-order valence-electron chi connectivity index (χ3n) is 6.52. The number of carbonyl (C=O) groups is 3. The van der Waals surface area contributed by atoms with Crippen LogP contribution in [0.3, 0.4) is 0 Å². The molecule has 0 aliphatic carbocycles. The van der Waals surface area contributed by atoms with Crippen molar-refractivity contribution in [3.63, 3.8) is 0 Å². The van der Waals surface area contributed by atoms with Crippen LogP contribution in [0.2, 0.25) is 0 Å². The Morgan fingerprint density at radius 1 is 1.16 bits per heavy atom. The molecule has 2 N–H and O–H groups in total. The van der Waals surface area contributed by atoms with Crippen LogP contribution < -0.4 is 5.32 Å². The highest BCUT2D eigenvalue weighted by Crippen LogP contribution is 2.22. The monoisotopic (exact) mass is 437 g/mol. The minimum absolute atomic E-state index is 0.0336. The molecule has 1 rings (SSSR count). The van der Waals surface area contributed by atoms with Gasteiger partial charge < -0.3 is 15.3 Å². The summed E-state index contributed by atoms with van der Waals surface area (Å²) in [6, 6.07) is -0.952. The first kappa shape index (κ1) is 27.1. The van der Waals surface area contributed by atoms with Crippen LogP contribution in [0.15, 0.2) is 11.6 Å². The van der Waals surface area contributed by atoms with Crippen LogP contribution in [0.25, 0.3) is 0 Å². The number of carboxylic acids is 1. The topological polar surface area (TPSA) is 90.0 Å². The smallest absolute Gasteiger partial charge is 0.331 e. The number of carbonyl (C=O) groups excluding carboxylic acids is 2. The maximum Gasteiger partial charge on any atom is 0.331 e. The first-order chi connectivity index (χ1) is 14.4. The largest absolute Gasteiger partial charge is 0.478 e. The zero-order chi connectivity index (χ0) is 23.9. The number of rotatable bonds is 10. The second kappa shape index (κ2) is 12.2. The number of piperidine rings is 1. The van der Waals surface area contributed by atoms with Crippen LogP contribution in [0, 0.1) is 11.8 Å². The van der Waals surface area contributed by atoms with Crippen molar-refractivity contribution >= 4 is 17.8 Å². The van der Waals surface area contributed by atoms with Gasteiger partial charge in [0.15, 0.2) is 0 Å². The average Bonchev–Trinajstić information content (AvgIpc) is 2.73. The number of aliphatic carboxylic acids is 1. The van der Waals surface area contributed by atoms with Crippen molar-refractivity contribution in [3.05, 3.63) is 11.6 Å².